The minimum absolute atomic E-state index is 0.0328. The summed E-state index contributed by atoms with van der Waals surface area (Å²) in [7, 11) is 0. The number of aromatic nitrogens is 1. The third kappa shape index (κ3) is 3.65. The highest BCUT2D eigenvalue weighted by atomic mass is 32.1. The number of thiazole rings is 1. The van der Waals surface area contributed by atoms with Gasteiger partial charge < -0.3 is 10.6 Å². The third-order valence-electron chi connectivity index (χ3n) is 3.47. The minimum atomic E-state index is -0.293. The average molecular weight is 305 g/mol. The van der Waals surface area contributed by atoms with Gasteiger partial charge >= 0.3 is 0 Å². The Morgan fingerprint density at radius 1 is 1.52 bits per heavy atom. The fourth-order valence-corrected chi connectivity index (χ4v) is 3.17. The number of hydrogen-bond donors (Lipinski definition) is 2. The van der Waals surface area contributed by atoms with E-state index in [0.29, 0.717) is 22.8 Å². The molecule has 21 heavy (non-hydrogen) atoms. The highest BCUT2D eigenvalue weighted by molar-refractivity contribution is 7.14. The van der Waals surface area contributed by atoms with Crippen molar-refractivity contribution in [3.63, 3.8) is 0 Å². The maximum Gasteiger partial charge on any atom is 0.227 e. The second kappa shape index (κ2) is 6.32. The molecule has 1 unspecified atom stereocenters. The molecule has 1 atom stereocenters. The average Bonchev–Trinajstić information content (AvgIpc) is 3.10. The molecule has 110 valence electrons. The van der Waals surface area contributed by atoms with Crippen LogP contribution in [-0.4, -0.2) is 23.5 Å². The second-order valence-electron chi connectivity index (χ2n) is 5.09. The monoisotopic (exact) mass is 305 g/mol. The van der Waals surface area contributed by atoms with Gasteiger partial charge in [0.2, 0.25) is 5.91 Å². The molecule has 1 aliphatic rings. The number of anilines is 1. The fourth-order valence-electron chi connectivity index (χ4n) is 2.44. The Morgan fingerprint density at radius 3 is 3.19 bits per heavy atom. The van der Waals surface area contributed by atoms with Crippen LogP contribution in [0.5, 0.6) is 0 Å². The number of nitrogens with one attached hydrogen (secondary N) is 2. The van der Waals surface area contributed by atoms with Crippen molar-refractivity contribution in [2.45, 2.75) is 25.3 Å². The van der Waals surface area contributed by atoms with Crippen molar-refractivity contribution >= 4 is 22.4 Å². The molecule has 2 aromatic rings. The predicted molar refractivity (Wildman–Crippen MR) is 81.8 cm³/mol. The molecule has 2 heterocycles. The van der Waals surface area contributed by atoms with Gasteiger partial charge in [0.25, 0.3) is 0 Å². The molecular weight excluding hydrogens is 289 g/mol. The van der Waals surface area contributed by atoms with Crippen LogP contribution in [-0.2, 0) is 4.79 Å². The Kier molecular flexibility index (Phi) is 4.26. The highest BCUT2D eigenvalue weighted by Gasteiger charge is 2.18. The first-order chi connectivity index (χ1) is 10.2. The lowest BCUT2D eigenvalue weighted by atomic mass is 10.1. The quantitative estimate of drug-likeness (QED) is 0.913. The molecule has 0 saturated carbocycles. The van der Waals surface area contributed by atoms with Gasteiger partial charge in [0, 0.05) is 23.4 Å². The Labute approximate surface area is 126 Å². The molecular formula is C15H16FN3OS. The van der Waals surface area contributed by atoms with Gasteiger partial charge in [-0.25, -0.2) is 9.37 Å². The van der Waals surface area contributed by atoms with Crippen LogP contribution in [0.1, 0.15) is 19.3 Å². The topological polar surface area (TPSA) is 54.0 Å². The Hall–Kier alpha value is -1.79. The van der Waals surface area contributed by atoms with Gasteiger partial charge in [0.05, 0.1) is 5.69 Å². The number of amides is 1. The molecule has 1 saturated heterocycles. The Morgan fingerprint density at radius 2 is 2.43 bits per heavy atom. The van der Waals surface area contributed by atoms with Crippen LogP contribution in [0.4, 0.5) is 9.52 Å². The summed E-state index contributed by atoms with van der Waals surface area (Å²) in [5.74, 6) is -0.326. The molecule has 1 aliphatic heterocycles. The summed E-state index contributed by atoms with van der Waals surface area (Å²) in [6.07, 6.45) is 2.63. The number of hydrogen-bond acceptors (Lipinski definition) is 4. The maximum absolute atomic E-state index is 13.2. The van der Waals surface area contributed by atoms with E-state index in [1.807, 2.05) is 5.38 Å². The lowest BCUT2D eigenvalue weighted by Crippen LogP contribution is -2.27. The van der Waals surface area contributed by atoms with Gasteiger partial charge in [-0.05, 0) is 31.5 Å². The van der Waals surface area contributed by atoms with E-state index in [1.54, 1.807) is 12.1 Å². The van der Waals surface area contributed by atoms with Crippen molar-refractivity contribution in [2.24, 2.45) is 0 Å². The first-order valence-corrected chi connectivity index (χ1v) is 7.83. The molecule has 2 N–H and O–H groups in total. The summed E-state index contributed by atoms with van der Waals surface area (Å²) < 4.78 is 13.2. The standard InChI is InChI=1S/C15H16FN3OS/c16-11-4-1-3-10(7-11)13-9-21-15(18-13)19-14(20)8-12-5-2-6-17-12/h1,3-4,7,9,12,17H,2,5-6,8H2,(H,18,19,20). The molecule has 0 spiro atoms. The van der Waals surface area contributed by atoms with E-state index in [9.17, 15) is 9.18 Å². The number of rotatable bonds is 4. The van der Waals surface area contributed by atoms with E-state index in [-0.39, 0.29) is 17.8 Å². The molecule has 6 heteroatoms. The van der Waals surface area contributed by atoms with E-state index in [1.165, 1.54) is 23.5 Å². The zero-order chi connectivity index (χ0) is 14.7. The smallest absolute Gasteiger partial charge is 0.227 e. The normalized spacial score (nSPS) is 17.9. The van der Waals surface area contributed by atoms with E-state index >= 15 is 0 Å². The zero-order valence-electron chi connectivity index (χ0n) is 11.4. The van der Waals surface area contributed by atoms with Gasteiger partial charge in [0.1, 0.15) is 5.82 Å². The molecule has 4 nitrogen and oxygen atoms in total. The van der Waals surface area contributed by atoms with Crippen molar-refractivity contribution in [1.82, 2.24) is 10.3 Å². The summed E-state index contributed by atoms with van der Waals surface area (Å²) in [5.41, 5.74) is 1.39. The van der Waals surface area contributed by atoms with E-state index in [0.717, 1.165) is 19.4 Å². The molecule has 1 aromatic carbocycles. The Balaban J connectivity index is 1.63. The third-order valence-corrected chi connectivity index (χ3v) is 4.22. The van der Waals surface area contributed by atoms with Crippen LogP contribution < -0.4 is 10.6 Å². The van der Waals surface area contributed by atoms with Gasteiger partial charge in [0.15, 0.2) is 5.13 Å². The molecule has 3 rings (SSSR count). The van der Waals surface area contributed by atoms with Crippen LogP contribution >= 0.6 is 11.3 Å². The van der Waals surface area contributed by atoms with Crippen molar-refractivity contribution in [1.29, 1.82) is 0 Å². The largest absolute Gasteiger partial charge is 0.313 e. The molecule has 1 fully saturated rings. The maximum atomic E-state index is 13.2. The molecule has 1 aromatic heterocycles. The molecule has 0 bridgehead atoms. The predicted octanol–water partition coefficient (Wildman–Crippen LogP) is 3.03. The van der Waals surface area contributed by atoms with Crippen LogP contribution in [0.2, 0.25) is 0 Å². The fraction of sp³-hybridized carbons (Fsp3) is 0.333. The van der Waals surface area contributed by atoms with Crippen LogP contribution in [0, 0.1) is 5.82 Å². The number of nitrogens with zero attached hydrogens (tertiary/aromatic N) is 1. The van der Waals surface area contributed by atoms with E-state index in [2.05, 4.69) is 15.6 Å². The lowest BCUT2D eigenvalue weighted by molar-refractivity contribution is -0.116. The summed E-state index contributed by atoms with van der Waals surface area (Å²) >= 11 is 1.35. The van der Waals surface area contributed by atoms with Crippen molar-refractivity contribution in [3.05, 3.63) is 35.5 Å². The Bertz CT molecular complexity index is 637. The van der Waals surface area contributed by atoms with Gasteiger partial charge in [-0.2, -0.15) is 0 Å². The second-order valence-corrected chi connectivity index (χ2v) is 5.95. The molecule has 0 aliphatic carbocycles. The van der Waals surface area contributed by atoms with Crippen LogP contribution in [0.15, 0.2) is 29.6 Å². The van der Waals surface area contributed by atoms with E-state index < -0.39 is 0 Å². The van der Waals surface area contributed by atoms with Crippen LogP contribution in [0.25, 0.3) is 11.3 Å². The SMILES string of the molecule is O=C(CC1CCCN1)Nc1nc(-c2cccc(F)c2)cs1. The number of carbonyl (C=O) groups is 1. The van der Waals surface area contributed by atoms with Crippen LogP contribution in [0.3, 0.4) is 0 Å². The lowest BCUT2D eigenvalue weighted by Gasteiger charge is -2.08. The summed E-state index contributed by atoms with van der Waals surface area (Å²) in [6, 6.07) is 6.55. The number of benzene rings is 1. The first-order valence-electron chi connectivity index (χ1n) is 6.95. The van der Waals surface area contributed by atoms with Gasteiger partial charge in [-0.3, -0.25) is 4.79 Å². The minimum Gasteiger partial charge on any atom is -0.313 e. The molecule has 0 radical (unpaired) electrons. The number of carbonyl (C=O) groups excluding carboxylic acids is 1. The first kappa shape index (κ1) is 14.2. The number of halogens is 1. The van der Waals surface area contributed by atoms with Crippen molar-refractivity contribution in [3.8, 4) is 11.3 Å². The van der Waals surface area contributed by atoms with Crippen molar-refractivity contribution < 1.29 is 9.18 Å². The van der Waals surface area contributed by atoms with E-state index in [4.69, 9.17) is 0 Å². The zero-order valence-corrected chi connectivity index (χ0v) is 12.3. The highest BCUT2D eigenvalue weighted by Crippen LogP contribution is 2.25. The summed E-state index contributed by atoms with van der Waals surface area (Å²) in [6.45, 7) is 0.985. The summed E-state index contributed by atoms with van der Waals surface area (Å²) in [4.78, 5) is 16.3. The molecule has 1 amide bonds. The van der Waals surface area contributed by atoms with Gasteiger partial charge in [-0.15, -0.1) is 11.3 Å². The van der Waals surface area contributed by atoms with Gasteiger partial charge in [-0.1, -0.05) is 12.1 Å². The van der Waals surface area contributed by atoms with Crippen molar-refractivity contribution in [2.75, 3.05) is 11.9 Å². The summed E-state index contributed by atoms with van der Waals surface area (Å²) in [5, 5.41) is 8.47.